The Balaban J connectivity index is 1.81. The molecule has 126 valence electrons. The van der Waals surface area contributed by atoms with Crippen LogP contribution < -0.4 is 4.90 Å². The highest BCUT2D eigenvalue weighted by Crippen LogP contribution is 2.34. The van der Waals surface area contributed by atoms with Gasteiger partial charge in [-0.1, -0.05) is 30.0 Å². The van der Waals surface area contributed by atoms with Crippen molar-refractivity contribution in [3.05, 3.63) is 46.8 Å². The number of carbonyl (C=O) groups excluding carboxylic acids is 1. The van der Waals surface area contributed by atoms with Gasteiger partial charge in [-0.05, 0) is 58.2 Å². The summed E-state index contributed by atoms with van der Waals surface area (Å²) in [6.07, 6.45) is 0.915. The molecule has 0 saturated heterocycles. The summed E-state index contributed by atoms with van der Waals surface area (Å²) in [6, 6.07) is 8.35. The molecule has 0 radical (unpaired) electrons. The fourth-order valence-electron chi connectivity index (χ4n) is 3.10. The molecular weight excluding hydrogens is 318 g/mol. The van der Waals surface area contributed by atoms with Gasteiger partial charge in [0, 0.05) is 23.1 Å². The number of aryl methyl sites for hydroxylation is 2. The second kappa shape index (κ2) is 6.55. The first-order valence-corrected chi connectivity index (χ1v) is 9.16. The maximum absolute atomic E-state index is 13.0. The number of fused-ring (bicyclic) bond motifs is 1. The number of rotatable bonds is 3. The van der Waals surface area contributed by atoms with E-state index in [0.717, 1.165) is 29.1 Å². The third kappa shape index (κ3) is 3.05. The number of para-hydroxylation sites is 1. The van der Waals surface area contributed by atoms with E-state index in [2.05, 4.69) is 23.0 Å². The van der Waals surface area contributed by atoms with Gasteiger partial charge in [0.1, 0.15) is 0 Å². The molecular formula is C19H23N3OS. The van der Waals surface area contributed by atoms with E-state index < -0.39 is 0 Å². The van der Waals surface area contributed by atoms with E-state index in [-0.39, 0.29) is 17.2 Å². The molecule has 2 atom stereocenters. The molecule has 0 spiro atoms. The van der Waals surface area contributed by atoms with Crippen LogP contribution in [0.5, 0.6) is 0 Å². The van der Waals surface area contributed by atoms with Crippen molar-refractivity contribution in [2.24, 2.45) is 0 Å². The van der Waals surface area contributed by atoms with Gasteiger partial charge in [0.2, 0.25) is 5.91 Å². The lowest BCUT2D eigenvalue weighted by Crippen LogP contribution is -2.40. The third-order valence-corrected chi connectivity index (χ3v) is 5.64. The van der Waals surface area contributed by atoms with Crippen LogP contribution in [0.2, 0.25) is 0 Å². The van der Waals surface area contributed by atoms with E-state index in [4.69, 9.17) is 0 Å². The molecule has 5 heteroatoms. The maximum Gasteiger partial charge on any atom is 0.240 e. The molecule has 1 aliphatic heterocycles. The monoisotopic (exact) mass is 341 g/mol. The minimum atomic E-state index is -0.222. The van der Waals surface area contributed by atoms with Crippen molar-refractivity contribution < 1.29 is 4.79 Å². The van der Waals surface area contributed by atoms with Crippen LogP contribution in [0, 0.1) is 20.8 Å². The number of aromatic nitrogens is 2. The van der Waals surface area contributed by atoms with E-state index in [9.17, 15) is 4.79 Å². The number of nitrogens with zero attached hydrogens (tertiary/aromatic N) is 3. The number of benzene rings is 1. The Kier molecular flexibility index (Phi) is 4.63. The highest BCUT2D eigenvalue weighted by atomic mass is 32.2. The van der Waals surface area contributed by atoms with Gasteiger partial charge in [-0.2, -0.15) is 0 Å². The summed E-state index contributed by atoms with van der Waals surface area (Å²) in [6.45, 7) is 10.0. The molecule has 3 rings (SSSR count). The molecule has 0 fully saturated rings. The average Bonchev–Trinajstić information content (AvgIpc) is 2.87. The zero-order chi connectivity index (χ0) is 17.4. The third-order valence-electron chi connectivity index (χ3n) is 4.69. The topological polar surface area (TPSA) is 46.1 Å². The second-order valence-electron chi connectivity index (χ2n) is 6.45. The molecule has 0 bridgehead atoms. The van der Waals surface area contributed by atoms with Gasteiger partial charge >= 0.3 is 0 Å². The number of carbonyl (C=O) groups is 1. The summed E-state index contributed by atoms with van der Waals surface area (Å²) in [4.78, 5) is 24.0. The fourth-order valence-corrected chi connectivity index (χ4v) is 4.01. The molecule has 1 amide bonds. The zero-order valence-electron chi connectivity index (χ0n) is 14.8. The van der Waals surface area contributed by atoms with Crippen LogP contribution in [0.1, 0.15) is 36.4 Å². The Morgan fingerprint density at radius 2 is 1.83 bits per heavy atom. The Morgan fingerprint density at radius 3 is 2.50 bits per heavy atom. The Labute approximate surface area is 147 Å². The lowest BCUT2D eigenvalue weighted by Gasteiger charge is -2.25. The van der Waals surface area contributed by atoms with Gasteiger partial charge in [-0.25, -0.2) is 9.97 Å². The summed E-state index contributed by atoms with van der Waals surface area (Å²) < 4.78 is 0. The molecule has 1 aromatic heterocycles. The molecule has 24 heavy (non-hydrogen) atoms. The molecule has 1 aliphatic rings. The number of amides is 1. The fraction of sp³-hybridized carbons (Fsp3) is 0.421. The molecule has 0 N–H and O–H groups in total. The molecule has 0 saturated carbocycles. The quantitative estimate of drug-likeness (QED) is 0.628. The van der Waals surface area contributed by atoms with E-state index >= 15 is 0 Å². The second-order valence-corrected chi connectivity index (χ2v) is 7.76. The first kappa shape index (κ1) is 17.0. The van der Waals surface area contributed by atoms with Crippen molar-refractivity contribution in [3.63, 3.8) is 0 Å². The first-order chi connectivity index (χ1) is 11.4. The minimum absolute atomic E-state index is 0.122. The summed E-state index contributed by atoms with van der Waals surface area (Å²) in [5.41, 5.74) is 5.35. The van der Waals surface area contributed by atoms with Gasteiger partial charge < -0.3 is 4.90 Å². The standard InChI is InChI=1S/C19H23N3OS/c1-11-10-16-8-6-7-9-17(16)22(11)18(23)15(5)24-19-20-13(3)12(2)14(4)21-19/h6-9,11,15H,10H2,1-5H3/t11-,15-/m1/s1. The van der Waals surface area contributed by atoms with Crippen LogP contribution in [-0.2, 0) is 11.2 Å². The van der Waals surface area contributed by atoms with E-state index in [1.807, 2.05) is 50.8 Å². The van der Waals surface area contributed by atoms with Gasteiger partial charge in [-0.15, -0.1) is 0 Å². The van der Waals surface area contributed by atoms with Gasteiger partial charge in [0.15, 0.2) is 5.16 Å². The highest BCUT2D eigenvalue weighted by Gasteiger charge is 2.33. The molecule has 1 aromatic carbocycles. The van der Waals surface area contributed by atoms with Crippen molar-refractivity contribution in [3.8, 4) is 0 Å². The molecule has 0 unspecified atom stereocenters. The number of hydrogen-bond donors (Lipinski definition) is 0. The lowest BCUT2D eigenvalue weighted by molar-refractivity contribution is -0.118. The Hall–Kier alpha value is -1.88. The largest absolute Gasteiger partial charge is 0.308 e. The smallest absolute Gasteiger partial charge is 0.240 e. The van der Waals surface area contributed by atoms with Gasteiger partial charge in [0.25, 0.3) is 0 Å². The Morgan fingerprint density at radius 1 is 1.21 bits per heavy atom. The van der Waals surface area contributed by atoms with Crippen molar-refractivity contribution in [2.45, 2.75) is 57.5 Å². The predicted octanol–water partition coefficient (Wildman–Crippen LogP) is 3.86. The van der Waals surface area contributed by atoms with Crippen LogP contribution >= 0.6 is 11.8 Å². The molecule has 2 aromatic rings. The van der Waals surface area contributed by atoms with Crippen LogP contribution in [-0.4, -0.2) is 27.2 Å². The number of hydrogen-bond acceptors (Lipinski definition) is 4. The van der Waals surface area contributed by atoms with Gasteiger partial charge in [0.05, 0.1) is 5.25 Å². The lowest BCUT2D eigenvalue weighted by atomic mass is 10.1. The van der Waals surface area contributed by atoms with E-state index in [0.29, 0.717) is 5.16 Å². The molecule has 4 nitrogen and oxygen atoms in total. The van der Waals surface area contributed by atoms with E-state index in [1.165, 1.54) is 17.3 Å². The van der Waals surface area contributed by atoms with Crippen LogP contribution in [0.15, 0.2) is 29.4 Å². The predicted molar refractivity (Wildman–Crippen MR) is 98.7 cm³/mol. The Bertz CT molecular complexity index is 767. The summed E-state index contributed by atoms with van der Waals surface area (Å²) in [7, 11) is 0. The summed E-state index contributed by atoms with van der Waals surface area (Å²) in [5.74, 6) is 0.122. The van der Waals surface area contributed by atoms with Crippen molar-refractivity contribution in [1.82, 2.24) is 9.97 Å². The van der Waals surface area contributed by atoms with Gasteiger partial charge in [-0.3, -0.25) is 4.79 Å². The summed E-state index contributed by atoms with van der Waals surface area (Å²) in [5, 5.41) is 0.455. The van der Waals surface area contributed by atoms with Crippen LogP contribution in [0.4, 0.5) is 5.69 Å². The van der Waals surface area contributed by atoms with Crippen LogP contribution in [0.25, 0.3) is 0 Å². The van der Waals surface area contributed by atoms with Crippen molar-refractivity contribution in [2.75, 3.05) is 4.90 Å². The van der Waals surface area contributed by atoms with Crippen molar-refractivity contribution >= 4 is 23.4 Å². The normalized spacial score (nSPS) is 17.7. The van der Waals surface area contributed by atoms with Crippen LogP contribution in [0.3, 0.4) is 0 Å². The number of thioether (sulfide) groups is 1. The highest BCUT2D eigenvalue weighted by molar-refractivity contribution is 8.00. The minimum Gasteiger partial charge on any atom is -0.308 e. The maximum atomic E-state index is 13.0. The number of anilines is 1. The zero-order valence-corrected chi connectivity index (χ0v) is 15.6. The molecule has 2 heterocycles. The first-order valence-electron chi connectivity index (χ1n) is 8.28. The molecule has 0 aliphatic carbocycles. The average molecular weight is 341 g/mol. The summed E-state index contributed by atoms with van der Waals surface area (Å²) >= 11 is 1.44. The van der Waals surface area contributed by atoms with Crippen molar-refractivity contribution in [1.29, 1.82) is 0 Å². The SMILES string of the molecule is Cc1nc(S[C@H](C)C(=O)N2c3ccccc3C[C@H]2C)nc(C)c1C. The van der Waals surface area contributed by atoms with E-state index in [1.54, 1.807) is 0 Å².